The van der Waals surface area contributed by atoms with Gasteiger partial charge in [0.15, 0.2) is 11.9 Å². The number of aliphatic hydroxyl groups is 2. The zero-order chi connectivity index (χ0) is 18.9. The maximum atomic E-state index is 11.9. The normalized spacial score (nSPS) is 48.8. The molecule has 0 bridgehead atoms. The highest BCUT2D eigenvalue weighted by atomic mass is 16.4. The molecule has 4 aliphatic rings. The third kappa shape index (κ3) is 2.36. The first kappa shape index (κ1) is 18.2. The molecule has 0 aromatic carbocycles. The van der Waals surface area contributed by atoms with E-state index in [2.05, 4.69) is 13.8 Å². The minimum absolute atomic E-state index is 0.124. The van der Waals surface area contributed by atoms with Crippen LogP contribution in [0.25, 0.3) is 0 Å². The SMILES string of the molecule is C[C@]12CC(O)[C@H]3[C@@H](CCC4=CC(=O)CC[C@@]43C)[C@@H]1CC[C@@H]2C(O)C(=O)O. The molecule has 0 heterocycles. The van der Waals surface area contributed by atoms with Crippen LogP contribution < -0.4 is 0 Å². The number of allylic oxidation sites excluding steroid dienone is 1. The van der Waals surface area contributed by atoms with Gasteiger partial charge in [0.2, 0.25) is 0 Å². The van der Waals surface area contributed by atoms with Crippen molar-refractivity contribution in [2.45, 2.75) is 71.0 Å². The van der Waals surface area contributed by atoms with Crippen LogP contribution in [-0.4, -0.2) is 39.3 Å². The van der Waals surface area contributed by atoms with Crippen LogP contribution >= 0.6 is 0 Å². The molecule has 0 radical (unpaired) electrons. The van der Waals surface area contributed by atoms with E-state index < -0.39 is 18.2 Å². The van der Waals surface area contributed by atoms with Gasteiger partial charge in [0.25, 0.3) is 0 Å². The van der Waals surface area contributed by atoms with E-state index in [0.29, 0.717) is 31.1 Å². The molecule has 3 saturated carbocycles. The lowest BCUT2D eigenvalue weighted by atomic mass is 9.46. The van der Waals surface area contributed by atoms with E-state index in [4.69, 9.17) is 0 Å². The second-order valence-electron chi connectivity index (χ2n) is 9.63. The largest absolute Gasteiger partial charge is 0.479 e. The fourth-order valence-electron chi connectivity index (χ4n) is 7.42. The average Bonchev–Trinajstić information content (AvgIpc) is 2.90. The van der Waals surface area contributed by atoms with Crippen molar-refractivity contribution in [3.63, 3.8) is 0 Å². The van der Waals surface area contributed by atoms with Gasteiger partial charge in [0, 0.05) is 12.3 Å². The van der Waals surface area contributed by atoms with Gasteiger partial charge in [-0.3, -0.25) is 4.79 Å². The van der Waals surface area contributed by atoms with E-state index in [0.717, 1.165) is 25.7 Å². The highest BCUT2D eigenvalue weighted by molar-refractivity contribution is 5.91. The summed E-state index contributed by atoms with van der Waals surface area (Å²) in [6, 6.07) is 0. The van der Waals surface area contributed by atoms with Crippen molar-refractivity contribution in [1.29, 1.82) is 0 Å². The number of rotatable bonds is 2. The second-order valence-corrected chi connectivity index (χ2v) is 9.63. The molecule has 0 spiro atoms. The standard InChI is InChI=1S/C21H30O5/c1-20-8-7-12(22)9-11(20)3-4-13-14-5-6-15(18(24)19(25)26)21(14,2)10-16(23)17(13)20/h9,13-18,23-24H,3-8,10H2,1-2H3,(H,25,26)/t13-,14-,15+,16?,17+,18?,20-,21-/m0/s1. The summed E-state index contributed by atoms with van der Waals surface area (Å²) in [5.41, 5.74) is 0.749. The Morgan fingerprint density at radius 1 is 1.23 bits per heavy atom. The molecule has 3 fully saturated rings. The maximum Gasteiger partial charge on any atom is 0.332 e. The summed E-state index contributed by atoms with van der Waals surface area (Å²) in [4.78, 5) is 23.3. The van der Waals surface area contributed by atoms with E-state index in [-0.39, 0.29) is 28.4 Å². The van der Waals surface area contributed by atoms with Gasteiger partial charge < -0.3 is 15.3 Å². The number of hydrogen-bond donors (Lipinski definition) is 3. The molecular weight excluding hydrogens is 332 g/mol. The van der Waals surface area contributed by atoms with Gasteiger partial charge in [-0.1, -0.05) is 19.4 Å². The highest BCUT2D eigenvalue weighted by Crippen LogP contribution is 2.66. The summed E-state index contributed by atoms with van der Waals surface area (Å²) in [6.07, 6.45) is 5.35. The first-order chi connectivity index (χ1) is 12.2. The smallest absolute Gasteiger partial charge is 0.332 e. The van der Waals surface area contributed by atoms with Crippen LogP contribution in [-0.2, 0) is 9.59 Å². The highest BCUT2D eigenvalue weighted by Gasteiger charge is 2.63. The minimum atomic E-state index is -1.35. The van der Waals surface area contributed by atoms with Crippen LogP contribution in [0.4, 0.5) is 0 Å². The minimum Gasteiger partial charge on any atom is -0.479 e. The van der Waals surface area contributed by atoms with Gasteiger partial charge in [0.1, 0.15) is 0 Å². The summed E-state index contributed by atoms with van der Waals surface area (Å²) < 4.78 is 0. The molecule has 5 nitrogen and oxygen atoms in total. The molecule has 0 saturated heterocycles. The molecule has 2 unspecified atom stereocenters. The average molecular weight is 362 g/mol. The number of aliphatic carboxylic acids is 1. The first-order valence-corrected chi connectivity index (χ1v) is 10.0. The number of carbonyl (C=O) groups is 2. The molecule has 3 N–H and O–H groups in total. The van der Waals surface area contributed by atoms with Gasteiger partial charge in [-0.25, -0.2) is 4.79 Å². The van der Waals surface area contributed by atoms with Crippen LogP contribution in [0.2, 0.25) is 0 Å². The summed E-state index contributed by atoms with van der Waals surface area (Å²) in [5, 5.41) is 30.7. The molecule has 0 aromatic heterocycles. The molecular formula is C21H30O5. The van der Waals surface area contributed by atoms with Crippen molar-refractivity contribution in [3.05, 3.63) is 11.6 Å². The lowest BCUT2D eigenvalue weighted by Crippen LogP contribution is -2.57. The van der Waals surface area contributed by atoms with E-state index in [1.807, 2.05) is 6.08 Å². The third-order valence-electron chi connectivity index (χ3n) is 8.60. The van der Waals surface area contributed by atoms with E-state index in [1.54, 1.807) is 0 Å². The summed E-state index contributed by atoms with van der Waals surface area (Å²) in [7, 11) is 0. The lowest BCUT2D eigenvalue weighted by molar-refractivity contribution is -0.162. The fourth-order valence-corrected chi connectivity index (χ4v) is 7.42. The number of carbonyl (C=O) groups excluding carboxylic acids is 1. The quantitative estimate of drug-likeness (QED) is 0.702. The van der Waals surface area contributed by atoms with E-state index in [1.165, 1.54) is 5.57 Å². The number of ketones is 1. The van der Waals surface area contributed by atoms with Crippen LogP contribution in [0.5, 0.6) is 0 Å². The topological polar surface area (TPSA) is 94.8 Å². The Kier molecular flexibility index (Phi) is 4.12. The molecule has 8 atom stereocenters. The van der Waals surface area contributed by atoms with E-state index in [9.17, 15) is 24.9 Å². The number of hydrogen-bond acceptors (Lipinski definition) is 4. The maximum absolute atomic E-state index is 11.9. The molecule has 0 aromatic rings. The number of carboxylic acid groups (broad SMARTS) is 1. The van der Waals surface area contributed by atoms with Crippen molar-refractivity contribution < 1.29 is 24.9 Å². The van der Waals surface area contributed by atoms with Gasteiger partial charge >= 0.3 is 5.97 Å². The molecule has 4 aliphatic carbocycles. The predicted molar refractivity (Wildman–Crippen MR) is 95.2 cm³/mol. The van der Waals surface area contributed by atoms with Crippen molar-refractivity contribution in [1.82, 2.24) is 0 Å². The molecule has 144 valence electrons. The van der Waals surface area contributed by atoms with Crippen molar-refractivity contribution in [2.24, 2.45) is 34.5 Å². The second kappa shape index (κ2) is 5.90. The zero-order valence-electron chi connectivity index (χ0n) is 15.6. The van der Waals surface area contributed by atoms with Crippen LogP contribution in [0, 0.1) is 34.5 Å². The molecule has 0 aliphatic heterocycles. The van der Waals surface area contributed by atoms with Crippen molar-refractivity contribution >= 4 is 11.8 Å². The molecule has 26 heavy (non-hydrogen) atoms. The van der Waals surface area contributed by atoms with Crippen molar-refractivity contribution in [2.75, 3.05) is 0 Å². The molecule has 4 rings (SSSR count). The monoisotopic (exact) mass is 362 g/mol. The number of aliphatic hydroxyl groups excluding tert-OH is 2. The number of carboxylic acids is 1. The Bertz CT molecular complexity index is 669. The Hall–Kier alpha value is -1.20. The van der Waals surface area contributed by atoms with Crippen LogP contribution in [0.1, 0.15) is 58.8 Å². The Balaban J connectivity index is 1.69. The fraction of sp³-hybridized carbons (Fsp3) is 0.810. The lowest BCUT2D eigenvalue weighted by Gasteiger charge is -2.60. The van der Waals surface area contributed by atoms with Crippen LogP contribution in [0.15, 0.2) is 11.6 Å². The third-order valence-corrected chi connectivity index (χ3v) is 8.60. The zero-order valence-corrected chi connectivity index (χ0v) is 15.6. The Labute approximate surface area is 154 Å². The molecule has 0 amide bonds. The predicted octanol–water partition coefficient (Wildman–Crippen LogP) is 2.55. The van der Waals surface area contributed by atoms with Gasteiger partial charge in [-0.05, 0) is 73.2 Å². The molecule has 5 heteroatoms. The van der Waals surface area contributed by atoms with Crippen molar-refractivity contribution in [3.8, 4) is 0 Å². The Morgan fingerprint density at radius 3 is 2.65 bits per heavy atom. The van der Waals surface area contributed by atoms with Gasteiger partial charge in [0.05, 0.1) is 6.10 Å². The summed E-state index contributed by atoms with van der Waals surface area (Å²) in [5.74, 6) is -0.430. The number of fused-ring (bicyclic) bond motifs is 5. The summed E-state index contributed by atoms with van der Waals surface area (Å²) in [6.45, 7) is 4.30. The van der Waals surface area contributed by atoms with Gasteiger partial charge in [-0.15, -0.1) is 0 Å². The Morgan fingerprint density at radius 2 is 1.96 bits per heavy atom. The van der Waals surface area contributed by atoms with E-state index >= 15 is 0 Å². The first-order valence-electron chi connectivity index (χ1n) is 10.0. The summed E-state index contributed by atoms with van der Waals surface area (Å²) >= 11 is 0. The van der Waals surface area contributed by atoms with Crippen LogP contribution in [0.3, 0.4) is 0 Å². The van der Waals surface area contributed by atoms with Gasteiger partial charge in [-0.2, -0.15) is 0 Å².